The SMILES string of the molecule is CCNC(c1ccc(C)c(C)c1)c1ccc(Br)c(Cl)c1F. The molecule has 21 heavy (non-hydrogen) atoms. The first-order valence-corrected chi connectivity index (χ1v) is 8.06. The highest BCUT2D eigenvalue weighted by Gasteiger charge is 2.20. The molecule has 0 aliphatic heterocycles. The van der Waals surface area contributed by atoms with Gasteiger partial charge in [-0.25, -0.2) is 4.39 Å². The summed E-state index contributed by atoms with van der Waals surface area (Å²) in [6, 6.07) is 9.54. The molecule has 0 aliphatic carbocycles. The van der Waals surface area contributed by atoms with Crippen LogP contribution >= 0.6 is 27.5 Å². The lowest BCUT2D eigenvalue weighted by molar-refractivity contribution is 0.558. The fraction of sp³-hybridized carbons (Fsp3) is 0.294. The van der Waals surface area contributed by atoms with Crippen LogP contribution in [0.25, 0.3) is 0 Å². The van der Waals surface area contributed by atoms with Crippen LogP contribution in [-0.4, -0.2) is 6.54 Å². The van der Waals surface area contributed by atoms with Gasteiger partial charge in [0, 0.05) is 10.0 Å². The highest BCUT2D eigenvalue weighted by molar-refractivity contribution is 9.10. The van der Waals surface area contributed by atoms with Gasteiger partial charge in [0.1, 0.15) is 5.82 Å². The van der Waals surface area contributed by atoms with Crippen molar-refractivity contribution in [1.82, 2.24) is 5.32 Å². The van der Waals surface area contributed by atoms with Crippen molar-refractivity contribution < 1.29 is 4.39 Å². The van der Waals surface area contributed by atoms with Crippen LogP contribution in [0.5, 0.6) is 0 Å². The van der Waals surface area contributed by atoms with Gasteiger partial charge in [-0.05, 0) is 59.1 Å². The largest absolute Gasteiger partial charge is 0.306 e. The van der Waals surface area contributed by atoms with Crippen molar-refractivity contribution in [3.05, 3.63) is 67.9 Å². The van der Waals surface area contributed by atoms with E-state index >= 15 is 0 Å². The Morgan fingerprint density at radius 2 is 1.90 bits per heavy atom. The van der Waals surface area contributed by atoms with Crippen molar-refractivity contribution in [3.63, 3.8) is 0 Å². The van der Waals surface area contributed by atoms with E-state index < -0.39 is 0 Å². The molecule has 0 amide bonds. The Labute approximate surface area is 138 Å². The third-order valence-electron chi connectivity index (χ3n) is 3.65. The average Bonchev–Trinajstić information content (AvgIpc) is 2.46. The fourth-order valence-corrected chi connectivity index (χ4v) is 2.80. The third-order valence-corrected chi connectivity index (χ3v) is 4.91. The molecule has 4 heteroatoms. The second kappa shape index (κ2) is 6.91. The Hall–Kier alpha value is -0.900. The summed E-state index contributed by atoms with van der Waals surface area (Å²) < 4.78 is 15.1. The maximum Gasteiger partial charge on any atom is 0.148 e. The average molecular weight is 371 g/mol. The molecule has 0 saturated heterocycles. The standard InChI is InChI=1S/C17H18BrClFN/c1-4-21-17(12-6-5-10(2)11(3)9-12)13-7-8-14(18)15(19)16(13)20/h5-9,17,21H,4H2,1-3H3. The lowest BCUT2D eigenvalue weighted by atomic mass is 9.95. The number of rotatable bonds is 4. The summed E-state index contributed by atoms with van der Waals surface area (Å²) in [5.74, 6) is -0.379. The summed E-state index contributed by atoms with van der Waals surface area (Å²) in [6.45, 7) is 6.88. The number of benzene rings is 2. The molecule has 0 saturated carbocycles. The molecule has 2 aromatic rings. The minimum absolute atomic E-state index is 0.124. The second-order valence-corrected chi connectivity index (χ2v) is 6.33. The minimum atomic E-state index is -0.379. The zero-order valence-electron chi connectivity index (χ0n) is 12.3. The van der Waals surface area contributed by atoms with Gasteiger partial charge < -0.3 is 5.32 Å². The number of hydrogen-bond donors (Lipinski definition) is 1. The van der Waals surface area contributed by atoms with E-state index in [0.29, 0.717) is 10.0 Å². The van der Waals surface area contributed by atoms with E-state index in [2.05, 4.69) is 47.2 Å². The van der Waals surface area contributed by atoms with E-state index in [1.54, 1.807) is 12.1 Å². The van der Waals surface area contributed by atoms with Crippen LogP contribution < -0.4 is 5.32 Å². The molecule has 0 bridgehead atoms. The maximum atomic E-state index is 14.5. The van der Waals surface area contributed by atoms with Gasteiger partial charge in [-0.3, -0.25) is 0 Å². The molecule has 1 unspecified atom stereocenters. The molecule has 0 heterocycles. The number of hydrogen-bond acceptors (Lipinski definition) is 1. The first-order valence-electron chi connectivity index (χ1n) is 6.89. The lowest BCUT2D eigenvalue weighted by Gasteiger charge is -2.21. The predicted octanol–water partition coefficient (Wildman–Crippen LogP) is 5.56. The Balaban J connectivity index is 2.53. The molecule has 0 radical (unpaired) electrons. The number of nitrogens with one attached hydrogen (secondary N) is 1. The summed E-state index contributed by atoms with van der Waals surface area (Å²) in [6.07, 6.45) is 0. The van der Waals surface area contributed by atoms with Crippen LogP contribution in [0.4, 0.5) is 4.39 Å². The van der Waals surface area contributed by atoms with Crippen LogP contribution in [0.1, 0.15) is 35.2 Å². The van der Waals surface area contributed by atoms with Crippen molar-refractivity contribution >= 4 is 27.5 Å². The summed E-state index contributed by atoms with van der Waals surface area (Å²) in [5, 5.41) is 3.46. The van der Waals surface area contributed by atoms with Gasteiger partial charge in [-0.15, -0.1) is 0 Å². The topological polar surface area (TPSA) is 12.0 Å². The van der Waals surface area contributed by atoms with Gasteiger partial charge in [0.05, 0.1) is 11.1 Å². The quantitative estimate of drug-likeness (QED) is 0.695. The second-order valence-electron chi connectivity index (χ2n) is 5.10. The molecular weight excluding hydrogens is 353 g/mol. The first-order chi connectivity index (χ1) is 9.95. The molecule has 0 aliphatic rings. The van der Waals surface area contributed by atoms with Crippen molar-refractivity contribution in [2.75, 3.05) is 6.54 Å². The highest BCUT2D eigenvalue weighted by atomic mass is 79.9. The smallest absolute Gasteiger partial charge is 0.148 e. The Morgan fingerprint density at radius 3 is 2.52 bits per heavy atom. The van der Waals surface area contributed by atoms with Gasteiger partial charge in [-0.1, -0.05) is 42.8 Å². The monoisotopic (exact) mass is 369 g/mol. The maximum absolute atomic E-state index is 14.5. The van der Waals surface area contributed by atoms with Crippen LogP contribution in [0.3, 0.4) is 0 Å². The molecular formula is C17H18BrClFN. The van der Waals surface area contributed by atoms with Gasteiger partial charge in [0.15, 0.2) is 0 Å². The van der Waals surface area contributed by atoms with Crippen LogP contribution in [0.2, 0.25) is 5.02 Å². The van der Waals surface area contributed by atoms with Crippen LogP contribution in [-0.2, 0) is 0 Å². The summed E-state index contributed by atoms with van der Waals surface area (Å²) >= 11 is 9.27. The van der Waals surface area contributed by atoms with Crippen molar-refractivity contribution in [2.45, 2.75) is 26.8 Å². The molecule has 1 nitrogen and oxygen atoms in total. The zero-order valence-corrected chi connectivity index (χ0v) is 14.6. The molecule has 1 atom stereocenters. The van der Waals surface area contributed by atoms with E-state index in [4.69, 9.17) is 11.6 Å². The molecule has 0 fully saturated rings. The molecule has 2 rings (SSSR count). The van der Waals surface area contributed by atoms with Gasteiger partial charge >= 0.3 is 0 Å². The summed E-state index contributed by atoms with van der Waals surface area (Å²) in [7, 11) is 0. The van der Waals surface area contributed by atoms with E-state index in [0.717, 1.165) is 12.1 Å². The fourth-order valence-electron chi connectivity index (χ4n) is 2.32. The molecule has 1 N–H and O–H groups in total. The van der Waals surface area contributed by atoms with Gasteiger partial charge in [0.25, 0.3) is 0 Å². The lowest BCUT2D eigenvalue weighted by Crippen LogP contribution is -2.23. The summed E-state index contributed by atoms with van der Waals surface area (Å²) in [4.78, 5) is 0. The minimum Gasteiger partial charge on any atom is -0.306 e. The molecule has 112 valence electrons. The summed E-state index contributed by atoms with van der Waals surface area (Å²) in [5.41, 5.74) is 4.02. The van der Waals surface area contributed by atoms with Crippen molar-refractivity contribution in [1.29, 1.82) is 0 Å². The number of aryl methyl sites for hydroxylation is 2. The Morgan fingerprint density at radius 1 is 1.19 bits per heavy atom. The Bertz CT molecular complexity index is 657. The first kappa shape index (κ1) is 16.5. The normalized spacial score (nSPS) is 12.5. The third kappa shape index (κ3) is 3.47. The molecule has 0 aromatic heterocycles. The van der Waals surface area contributed by atoms with E-state index in [1.807, 2.05) is 13.0 Å². The van der Waals surface area contributed by atoms with Crippen molar-refractivity contribution in [2.24, 2.45) is 0 Å². The van der Waals surface area contributed by atoms with Crippen molar-refractivity contribution in [3.8, 4) is 0 Å². The van der Waals surface area contributed by atoms with E-state index in [1.165, 1.54) is 11.1 Å². The van der Waals surface area contributed by atoms with Crippen LogP contribution in [0, 0.1) is 19.7 Å². The van der Waals surface area contributed by atoms with E-state index in [9.17, 15) is 4.39 Å². The van der Waals surface area contributed by atoms with E-state index in [-0.39, 0.29) is 16.9 Å². The predicted molar refractivity (Wildman–Crippen MR) is 90.5 cm³/mol. The number of halogens is 3. The van der Waals surface area contributed by atoms with Crippen LogP contribution in [0.15, 0.2) is 34.8 Å². The highest BCUT2D eigenvalue weighted by Crippen LogP contribution is 2.33. The molecule has 2 aromatic carbocycles. The van der Waals surface area contributed by atoms with Gasteiger partial charge in [0.2, 0.25) is 0 Å². The Kier molecular flexibility index (Phi) is 5.42. The zero-order chi connectivity index (χ0) is 15.6. The molecule has 0 spiro atoms. The van der Waals surface area contributed by atoms with Gasteiger partial charge in [-0.2, -0.15) is 0 Å².